The van der Waals surface area contributed by atoms with Crippen LogP contribution in [0.3, 0.4) is 0 Å². The van der Waals surface area contributed by atoms with Crippen molar-refractivity contribution in [1.82, 2.24) is 10.1 Å². The number of hydrogen-bond donors (Lipinski definition) is 0. The summed E-state index contributed by atoms with van der Waals surface area (Å²) in [5.74, 6) is -1.89. The monoisotopic (exact) mass is 451 g/mol. The van der Waals surface area contributed by atoms with Gasteiger partial charge in [-0.05, 0) is 36.4 Å². The Kier molecular flexibility index (Phi) is 5.83. The minimum Gasteiger partial charge on any atom is -0.465 e. The van der Waals surface area contributed by atoms with Crippen molar-refractivity contribution in [3.63, 3.8) is 0 Å². The van der Waals surface area contributed by atoms with E-state index in [1.54, 1.807) is 4.90 Å². The third-order valence-corrected chi connectivity index (χ3v) is 4.96. The SMILES string of the molecule is COC(=O)c1ccc(-c2noc(-c3ccc(N4CCOCC4)c(C(F)(F)F)c3)n2)cc1F. The van der Waals surface area contributed by atoms with Crippen LogP contribution in [0.1, 0.15) is 15.9 Å². The summed E-state index contributed by atoms with van der Waals surface area (Å²) in [4.78, 5) is 17.2. The molecule has 0 spiro atoms. The van der Waals surface area contributed by atoms with Crippen molar-refractivity contribution >= 4 is 11.7 Å². The number of carbonyl (C=O) groups excluding carboxylic acids is 1. The summed E-state index contributed by atoms with van der Waals surface area (Å²) in [6.45, 7) is 1.38. The number of halogens is 4. The zero-order valence-corrected chi connectivity index (χ0v) is 16.8. The molecule has 0 N–H and O–H groups in total. The third-order valence-electron chi connectivity index (χ3n) is 4.96. The van der Waals surface area contributed by atoms with E-state index in [0.717, 1.165) is 19.2 Å². The van der Waals surface area contributed by atoms with Crippen molar-refractivity contribution in [3.8, 4) is 22.8 Å². The van der Waals surface area contributed by atoms with E-state index in [0.29, 0.717) is 26.3 Å². The molecule has 1 saturated heterocycles. The van der Waals surface area contributed by atoms with Gasteiger partial charge >= 0.3 is 12.1 Å². The minimum absolute atomic E-state index is 0.0406. The van der Waals surface area contributed by atoms with Gasteiger partial charge in [0.2, 0.25) is 5.82 Å². The highest BCUT2D eigenvalue weighted by atomic mass is 19.4. The Morgan fingerprint density at radius 3 is 2.47 bits per heavy atom. The van der Waals surface area contributed by atoms with Gasteiger partial charge in [-0.1, -0.05) is 5.16 Å². The predicted molar refractivity (Wildman–Crippen MR) is 105 cm³/mol. The molecular weight excluding hydrogens is 434 g/mol. The highest BCUT2D eigenvalue weighted by Crippen LogP contribution is 2.39. The lowest BCUT2D eigenvalue weighted by molar-refractivity contribution is -0.137. The van der Waals surface area contributed by atoms with Crippen LogP contribution in [-0.2, 0) is 15.7 Å². The van der Waals surface area contributed by atoms with Crippen molar-refractivity contribution in [2.45, 2.75) is 6.18 Å². The lowest BCUT2D eigenvalue weighted by atomic mass is 10.1. The number of esters is 1. The maximum absolute atomic E-state index is 14.2. The average molecular weight is 451 g/mol. The standard InChI is InChI=1S/C21H17F4N3O4/c1-30-20(29)14-4-2-12(11-16(14)22)18-26-19(32-27-18)13-3-5-17(15(10-13)21(23,24)25)28-6-8-31-9-7-28/h2-5,10-11H,6-9H2,1H3. The maximum atomic E-state index is 14.2. The number of alkyl halides is 3. The predicted octanol–water partition coefficient (Wildman–Crippen LogP) is 4.18. The quantitative estimate of drug-likeness (QED) is 0.435. The lowest BCUT2D eigenvalue weighted by Gasteiger charge is -2.31. The van der Waals surface area contributed by atoms with E-state index in [2.05, 4.69) is 14.9 Å². The van der Waals surface area contributed by atoms with Gasteiger partial charge in [-0.3, -0.25) is 0 Å². The number of rotatable bonds is 4. The van der Waals surface area contributed by atoms with E-state index in [-0.39, 0.29) is 34.1 Å². The highest BCUT2D eigenvalue weighted by molar-refractivity contribution is 5.90. The van der Waals surface area contributed by atoms with Gasteiger partial charge in [0, 0.05) is 29.9 Å². The third kappa shape index (κ3) is 4.28. The smallest absolute Gasteiger partial charge is 0.418 e. The summed E-state index contributed by atoms with van der Waals surface area (Å²) in [7, 11) is 1.13. The molecule has 3 aromatic rings. The van der Waals surface area contributed by atoms with Gasteiger partial charge in [0.25, 0.3) is 5.89 Å². The molecule has 11 heteroatoms. The number of morpholine rings is 1. The first-order valence-corrected chi connectivity index (χ1v) is 9.54. The van der Waals surface area contributed by atoms with Crippen molar-refractivity contribution < 1.29 is 36.4 Å². The summed E-state index contributed by atoms with van der Waals surface area (Å²) in [6, 6.07) is 7.36. The molecule has 1 aromatic heterocycles. The number of nitrogens with zero attached hydrogens (tertiary/aromatic N) is 3. The zero-order valence-electron chi connectivity index (χ0n) is 16.8. The Bertz CT molecular complexity index is 1140. The lowest BCUT2D eigenvalue weighted by Crippen LogP contribution is -2.37. The molecule has 0 unspecified atom stereocenters. The summed E-state index contributed by atoms with van der Waals surface area (Å²) in [5, 5.41) is 3.73. The fourth-order valence-electron chi connectivity index (χ4n) is 3.36. The summed E-state index contributed by atoms with van der Waals surface area (Å²) in [6.07, 6.45) is -4.60. The largest absolute Gasteiger partial charge is 0.465 e. The molecule has 4 rings (SSSR count). The van der Waals surface area contributed by atoms with E-state index in [1.165, 1.54) is 24.3 Å². The number of carbonyl (C=O) groups is 1. The molecule has 0 radical (unpaired) electrons. The molecule has 0 amide bonds. The second kappa shape index (κ2) is 8.58. The molecule has 7 nitrogen and oxygen atoms in total. The van der Waals surface area contributed by atoms with Crippen LogP contribution < -0.4 is 4.90 Å². The number of anilines is 1. The van der Waals surface area contributed by atoms with Crippen LogP contribution in [0.2, 0.25) is 0 Å². The Hall–Kier alpha value is -3.47. The van der Waals surface area contributed by atoms with Crippen LogP contribution in [-0.4, -0.2) is 49.5 Å². The molecule has 0 saturated carbocycles. The van der Waals surface area contributed by atoms with E-state index in [9.17, 15) is 22.4 Å². The topological polar surface area (TPSA) is 77.7 Å². The summed E-state index contributed by atoms with van der Waals surface area (Å²) < 4.78 is 70.2. The number of benzene rings is 2. The molecule has 1 fully saturated rings. The molecule has 1 aliphatic heterocycles. The van der Waals surface area contributed by atoms with Crippen LogP contribution >= 0.6 is 0 Å². The summed E-state index contributed by atoms with van der Waals surface area (Å²) in [5.41, 5.74) is -0.797. The van der Waals surface area contributed by atoms with Crippen LogP contribution in [0.25, 0.3) is 22.8 Å². The molecule has 168 valence electrons. The highest BCUT2D eigenvalue weighted by Gasteiger charge is 2.36. The van der Waals surface area contributed by atoms with Crippen LogP contribution in [0, 0.1) is 5.82 Å². The van der Waals surface area contributed by atoms with Gasteiger partial charge in [0.05, 0.1) is 31.5 Å². The first-order chi connectivity index (χ1) is 15.3. The average Bonchev–Trinajstić information content (AvgIpc) is 3.28. The van der Waals surface area contributed by atoms with Crippen molar-refractivity contribution in [1.29, 1.82) is 0 Å². The fourth-order valence-corrected chi connectivity index (χ4v) is 3.36. The zero-order chi connectivity index (χ0) is 22.9. The molecular formula is C21H17F4N3O4. The van der Waals surface area contributed by atoms with Gasteiger partial charge in [-0.25, -0.2) is 9.18 Å². The Morgan fingerprint density at radius 2 is 1.81 bits per heavy atom. The molecule has 2 aromatic carbocycles. The van der Waals surface area contributed by atoms with Gasteiger partial charge in [0.1, 0.15) is 5.82 Å². The van der Waals surface area contributed by atoms with Crippen molar-refractivity contribution in [2.75, 3.05) is 38.3 Å². The van der Waals surface area contributed by atoms with Crippen molar-refractivity contribution in [2.24, 2.45) is 0 Å². The fraction of sp³-hybridized carbons (Fsp3) is 0.286. The van der Waals surface area contributed by atoms with Gasteiger partial charge in [0.15, 0.2) is 0 Å². The summed E-state index contributed by atoms with van der Waals surface area (Å²) >= 11 is 0. The second-order valence-electron chi connectivity index (χ2n) is 6.94. The van der Waals surface area contributed by atoms with Crippen LogP contribution in [0.15, 0.2) is 40.9 Å². The number of methoxy groups -OCH3 is 1. The normalized spacial score (nSPS) is 14.5. The Balaban J connectivity index is 1.67. The van der Waals surface area contributed by atoms with Gasteiger partial charge in [-0.2, -0.15) is 18.2 Å². The molecule has 32 heavy (non-hydrogen) atoms. The molecule has 2 heterocycles. The maximum Gasteiger partial charge on any atom is 0.418 e. The van der Waals surface area contributed by atoms with Gasteiger partial charge in [-0.15, -0.1) is 0 Å². The number of aromatic nitrogens is 2. The number of ether oxygens (including phenoxy) is 2. The first-order valence-electron chi connectivity index (χ1n) is 9.54. The van der Waals surface area contributed by atoms with E-state index < -0.39 is 23.5 Å². The minimum atomic E-state index is -4.60. The molecule has 0 bridgehead atoms. The van der Waals surface area contributed by atoms with E-state index >= 15 is 0 Å². The molecule has 1 aliphatic rings. The number of hydrogen-bond acceptors (Lipinski definition) is 7. The van der Waals surface area contributed by atoms with Crippen LogP contribution in [0.4, 0.5) is 23.2 Å². The Morgan fingerprint density at radius 1 is 1.09 bits per heavy atom. The first kappa shape index (κ1) is 21.8. The van der Waals surface area contributed by atoms with Gasteiger partial charge < -0.3 is 18.9 Å². The van der Waals surface area contributed by atoms with E-state index in [1.807, 2.05) is 0 Å². The molecule has 0 atom stereocenters. The van der Waals surface area contributed by atoms with E-state index in [4.69, 9.17) is 9.26 Å². The molecule has 0 aliphatic carbocycles. The second-order valence-corrected chi connectivity index (χ2v) is 6.94. The Labute approximate surface area is 179 Å². The van der Waals surface area contributed by atoms with Crippen LogP contribution in [0.5, 0.6) is 0 Å². The van der Waals surface area contributed by atoms with Crippen molar-refractivity contribution in [3.05, 3.63) is 53.3 Å².